The summed E-state index contributed by atoms with van der Waals surface area (Å²) in [6.07, 6.45) is 3.33. The van der Waals surface area contributed by atoms with Crippen LogP contribution in [0.25, 0.3) is 10.1 Å². The van der Waals surface area contributed by atoms with Crippen molar-refractivity contribution in [3.63, 3.8) is 0 Å². The summed E-state index contributed by atoms with van der Waals surface area (Å²) in [7, 11) is 0. The highest BCUT2D eigenvalue weighted by atomic mass is 32.1. The van der Waals surface area contributed by atoms with Gasteiger partial charge in [0.05, 0.1) is 0 Å². The smallest absolute Gasteiger partial charge is 0.354 e. The van der Waals surface area contributed by atoms with Crippen LogP contribution >= 0.6 is 11.3 Å². The number of aromatic nitrogens is 2. The number of nitrogens with one attached hydrogen (secondary N) is 1. The number of thiophene rings is 1. The second kappa shape index (κ2) is 5.26. The van der Waals surface area contributed by atoms with E-state index in [0.29, 0.717) is 6.54 Å². The molecule has 3 aromatic heterocycles. The van der Waals surface area contributed by atoms with Crippen molar-refractivity contribution in [1.82, 2.24) is 9.97 Å². The molecule has 0 amide bonds. The zero-order valence-electron chi connectivity index (χ0n) is 10.4. The highest BCUT2D eigenvalue weighted by molar-refractivity contribution is 7.17. The quantitative estimate of drug-likeness (QED) is 0.770. The fourth-order valence-corrected chi connectivity index (χ4v) is 2.66. The fraction of sp³-hybridized carbons (Fsp3) is 0.0714. The molecule has 0 aliphatic rings. The first-order valence-electron chi connectivity index (χ1n) is 5.98. The average molecular weight is 285 g/mol. The first-order chi connectivity index (χ1) is 9.74. The van der Waals surface area contributed by atoms with E-state index in [-0.39, 0.29) is 5.69 Å². The van der Waals surface area contributed by atoms with Gasteiger partial charge in [0.15, 0.2) is 0 Å². The number of hydrogen-bond donors (Lipinski definition) is 2. The van der Waals surface area contributed by atoms with Gasteiger partial charge in [0, 0.05) is 29.0 Å². The van der Waals surface area contributed by atoms with E-state index >= 15 is 0 Å². The molecule has 0 atom stereocenters. The van der Waals surface area contributed by atoms with Gasteiger partial charge in [-0.15, -0.1) is 11.3 Å². The molecule has 6 heteroatoms. The third-order valence-corrected chi connectivity index (χ3v) is 3.77. The van der Waals surface area contributed by atoms with E-state index in [4.69, 9.17) is 5.11 Å². The van der Waals surface area contributed by atoms with Gasteiger partial charge in [-0.05, 0) is 29.1 Å². The van der Waals surface area contributed by atoms with Gasteiger partial charge < -0.3 is 10.4 Å². The predicted octanol–water partition coefficient (Wildman–Crippen LogP) is 3.00. The van der Waals surface area contributed by atoms with Crippen molar-refractivity contribution in [2.45, 2.75) is 6.54 Å². The summed E-state index contributed by atoms with van der Waals surface area (Å²) < 4.78 is 1.18. The minimum absolute atomic E-state index is 0.0480. The Kier molecular flexibility index (Phi) is 3.30. The number of pyridine rings is 2. The number of carbonyl (C=O) groups is 1. The van der Waals surface area contributed by atoms with Crippen LogP contribution in [0.4, 0.5) is 5.82 Å². The van der Waals surface area contributed by atoms with Gasteiger partial charge in [-0.3, -0.25) is 0 Å². The molecule has 3 aromatic rings. The van der Waals surface area contributed by atoms with E-state index < -0.39 is 5.97 Å². The van der Waals surface area contributed by atoms with Crippen molar-refractivity contribution in [3.8, 4) is 0 Å². The van der Waals surface area contributed by atoms with Crippen molar-refractivity contribution >= 4 is 33.2 Å². The number of fused-ring (bicyclic) bond motifs is 1. The van der Waals surface area contributed by atoms with Crippen molar-refractivity contribution in [2.75, 3.05) is 5.32 Å². The molecule has 0 radical (unpaired) electrons. The molecule has 0 aliphatic carbocycles. The van der Waals surface area contributed by atoms with E-state index in [9.17, 15) is 4.79 Å². The lowest BCUT2D eigenvalue weighted by Gasteiger charge is -2.06. The molecule has 3 heterocycles. The van der Waals surface area contributed by atoms with Crippen LogP contribution in [0.1, 0.15) is 16.1 Å². The summed E-state index contributed by atoms with van der Waals surface area (Å²) in [4.78, 5) is 18.9. The van der Waals surface area contributed by atoms with Crippen molar-refractivity contribution in [2.24, 2.45) is 0 Å². The van der Waals surface area contributed by atoms with Crippen LogP contribution in [0.2, 0.25) is 0 Å². The van der Waals surface area contributed by atoms with Crippen LogP contribution in [0.5, 0.6) is 0 Å². The SMILES string of the molecule is O=C(O)c1ccc(CNc2nccc3sccc23)cn1. The summed E-state index contributed by atoms with van der Waals surface area (Å²) in [5.74, 6) is -0.194. The van der Waals surface area contributed by atoms with Gasteiger partial charge in [-0.2, -0.15) is 0 Å². The normalized spacial score (nSPS) is 10.6. The standard InChI is InChI=1S/C14H11N3O2S/c18-14(19)11-2-1-9(7-16-11)8-17-13-10-4-6-20-12(10)3-5-15-13/h1-7H,8H2,(H,15,17)(H,18,19). The zero-order valence-corrected chi connectivity index (χ0v) is 11.2. The van der Waals surface area contributed by atoms with Crippen LogP contribution in [-0.4, -0.2) is 21.0 Å². The van der Waals surface area contributed by atoms with E-state index in [1.54, 1.807) is 29.8 Å². The number of anilines is 1. The van der Waals surface area contributed by atoms with Crippen LogP contribution in [0.3, 0.4) is 0 Å². The lowest BCUT2D eigenvalue weighted by Crippen LogP contribution is -2.04. The molecule has 0 bridgehead atoms. The van der Waals surface area contributed by atoms with Gasteiger partial charge >= 0.3 is 5.97 Å². The van der Waals surface area contributed by atoms with Crippen molar-refractivity contribution in [3.05, 3.63) is 53.3 Å². The lowest BCUT2D eigenvalue weighted by molar-refractivity contribution is 0.0690. The minimum Gasteiger partial charge on any atom is -0.477 e. The highest BCUT2D eigenvalue weighted by Crippen LogP contribution is 2.25. The number of rotatable bonds is 4. The molecule has 3 rings (SSSR count). The summed E-state index contributed by atoms with van der Waals surface area (Å²) in [5.41, 5.74) is 0.954. The number of aromatic carboxylic acids is 1. The largest absolute Gasteiger partial charge is 0.477 e. The molecule has 0 fully saturated rings. The Morgan fingerprint density at radius 1 is 1.25 bits per heavy atom. The molecule has 5 nitrogen and oxygen atoms in total. The highest BCUT2D eigenvalue weighted by Gasteiger charge is 2.05. The number of carboxylic acid groups (broad SMARTS) is 1. The first kappa shape index (κ1) is 12.6. The van der Waals surface area contributed by atoms with Gasteiger partial charge in [0.25, 0.3) is 0 Å². The Balaban J connectivity index is 1.76. The Bertz CT molecular complexity index is 752. The van der Waals surface area contributed by atoms with Crippen LogP contribution in [0, 0.1) is 0 Å². The molecule has 0 aromatic carbocycles. The Morgan fingerprint density at radius 2 is 2.15 bits per heavy atom. The minimum atomic E-state index is -1.02. The van der Waals surface area contributed by atoms with Gasteiger partial charge in [0.1, 0.15) is 11.5 Å². The van der Waals surface area contributed by atoms with E-state index in [1.807, 2.05) is 17.5 Å². The number of nitrogens with zero attached hydrogens (tertiary/aromatic N) is 2. The topological polar surface area (TPSA) is 75.1 Å². The second-order valence-electron chi connectivity index (χ2n) is 4.20. The van der Waals surface area contributed by atoms with Crippen LogP contribution in [0.15, 0.2) is 42.0 Å². The average Bonchev–Trinajstić information content (AvgIpc) is 2.94. The Labute approximate surface area is 118 Å². The van der Waals surface area contributed by atoms with E-state index in [1.165, 1.54) is 10.8 Å². The first-order valence-corrected chi connectivity index (χ1v) is 6.86. The molecule has 20 heavy (non-hydrogen) atoms. The second-order valence-corrected chi connectivity index (χ2v) is 5.15. The summed E-state index contributed by atoms with van der Waals surface area (Å²) in [5, 5.41) is 15.2. The summed E-state index contributed by atoms with van der Waals surface area (Å²) >= 11 is 1.67. The van der Waals surface area contributed by atoms with Gasteiger partial charge in [-0.1, -0.05) is 6.07 Å². The summed E-state index contributed by atoms with van der Waals surface area (Å²) in [6, 6.07) is 7.25. The molecule has 100 valence electrons. The maximum Gasteiger partial charge on any atom is 0.354 e. The third-order valence-electron chi connectivity index (χ3n) is 2.88. The zero-order chi connectivity index (χ0) is 13.9. The maximum atomic E-state index is 10.7. The molecule has 0 aliphatic heterocycles. The van der Waals surface area contributed by atoms with E-state index in [2.05, 4.69) is 15.3 Å². The summed E-state index contributed by atoms with van der Waals surface area (Å²) in [6.45, 7) is 0.550. The van der Waals surface area contributed by atoms with Crippen molar-refractivity contribution < 1.29 is 9.90 Å². The van der Waals surface area contributed by atoms with E-state index in [0.717, 1.165) is 16.8 Å². The van der Waals surface area contributed by atoms with Gasteiger partial charge in [0.2, 0.25) is 0 Å². The van der Waals surface area contributed by atoms with Crippen LogP contribution in [-0.2, 0) is 6.54 Å². The number of carboxylic acids is 1. The molecular formula is C14H11N3O2S. The third kappa shape index (κ3) is 2.46. The number of hydrogen-bond acceptors (Lipinski definition) is 5. The molecule has 0 unspecified atom stereocenters. The monoisotopic (exact) mass is 285 g/mol. The molecule has 0 spiro atoms. The Morgan fingerprint density at radius 3 is 2.90 bits per heavy atom. The molecule has 2 N–H and O–H groups in total. The van der Waals surface area contributed by atoms with Crippen molar-refractivity contribution in [1.29, 1.82) is 0 Å². The molecule has 0 saturated carbocycles. The lowest BCUT2D eigenvalue weighted by atomic mass is 10.2. The van der Waals surface area contributed by atoms with Crippen LogP contribution < -0.4 is 5.32 Å². The van der Waals surface area contributed by atoms with Gasteiger partial charge in [-0.25, -0.2) is 14.8 Å². The molecular weight excluding hydrogens is 274 g/mol. The fourth-order valence-electron chi connectivity index (χ4n) is 1.88. The molecule has 0 saturated heterocycles. The maximum absolute atomic E-state index is 10.7. The predicted molar refractivity (Wildman–Crippen MR) is 78.1 cm³/mol. The Hall–Kier alpha value is -2.47.